The van der Waals surface area contributed by atoms with E-state index in [0.29, 0.717) is 12.5 Å². The predicted molar refractivity (Wildman–Crippen MR) is 129 cm³/mol. The minimum absolute atomic E-state index is 0.126. The summed E-state index contributed by atoms with van der Waals surface area (Å²) < 4.78 is 0. The summed E-state index contributed by atoms with van der Waals surface area (Å²) in [5.41, 5.74) is 9.77. The smallest absolute Gasteiger partial charge is 0.264 e. The number of nitrogens with zero attached hydrogens (tertiary/aromatic N) is 2. The van der Waals surface area contributed by atoms with Gasteiger partial charge in [-0.05, 0) is 80.8 Å². The Bertz CT molecular complexity index is 907. The van der Waals surface area contributed by atoms with Crippen molar-refractivity contribution < 1.29 is 4.79 Å². The van der Waals surface area contributed by atoms with Crippen molar-refractivity contribution in [1.29, 1.82) is 0 Å². The molecule has 0 radical (unpaired) electrons. The lowest BCUT2D eigenvalue weighted by molar-refractivity contribution is 0.0795. The van der Waals surface area contributed by atoms with Crippen molar-refractivity contribution in [3.05, 3.63) is 46.3 Å². The summed E-state index contributed by atoms with van der Waals surface area (Å²) in [6, 6.07) is 12.3. The summed E-state index contributed by atoms with van der Waals surface area (Å²) in [5.74, 6) is 0.834. The minimum atomic E-state index is 0.126. The third-order valence-electron chi connectivity index (χ3n) is 7.66. The van der Waals surface area contributed by atoms with Gasteiger partial charge in [0.15, 0.2) is 0 Å². The number of nitrogens with two attached hydrogens (primary N) is 1. The maximum Gasteiger partial charge on any atom is 0.264 e. The van der Waals surface area contributed by atoms with Crippen LogP contribution in [0.5, 0.6) is 0 Å². The molecule has 5 rings (SSSR count). The molecule has 1 aromatic heterocycles. The van der Waals surface area contributed by atoms with E-state index in [1.54, 1.807) is 11.3 Å². The number of rotatable bonds is 4. The molecule has 4 nitrogen and oxygen atoms in total. The highest BCUT2D eigenvalue weighted by Gasteiger charge is 2.28. The van der Waals surface area contributed by atoms with E-state index in [4.69, 9.17) is 5.73 Å². The molecule has 166 valence electrons. The largest absolute Gasteiger partial charge is 0.336 e. The number of benzene rings is 1. The summed E-state index contributed by atoms with van der Waals surface area (Å²) in [6.45, 7) is 6.02. The second-order valence-electron chi connectivity index (χ2n) is 9.79. The minimum Gasteiger partial charge on any atom is -0.336 e. The topological polar surface area (TPSA) is 49.6 Å². The van der Waals surface area contributed by atoms with Crippen LogP contribution in [0.3, 0.4) is 0 Å². The number of carbonyl (C=O) groups excluding carboxylic acids is 1. The fraction of sp³-hybridized carbons (Fsp3) is 0.577. The number of hydrogen-bond acceptors (Lipinski definition) is 4. The van der Waals surface area contributed by atoms with E-state index in [1.165, 1.54) is 67.6 Å². The maximum absolute atomic E-state index is 12.9. The molecule has 1 amide bonds. The monoisotopic (exact) mass is 437 g/mol. The van der Waals surface area contributed by atoms with Gasteiger partial charge in [0.1, 0.15) is 0 Å². The highest BCUT2D eigenvalue weighted by atomic mass is 32.1. The van der Waals surface area contributed by atoms with Gasteiger partial charge in [-0.25, -0.2) is 0 Å². The van der Waals surface area contributed by atoms with Crippen LogP contribution >= 0.6 is 11.3 Å². The first-order valence-electron chi connectivity index (χ1n) is 12.1. The SMILES string of the molecule is Cc1cc(-c2ccc(C3CCN(C4CCCC4)CC3)cc2)sc1C(=O)N1CC[C@H](N)C1. The van der Waals surface area contributed by atoms with Gasteiger partial charge in [0.05, 0.1) is 4.88 Å². The van der Waals surface area contributed by atoms with Gasteiger partial charge in [0.2, 0.25) is 0 Å². The second kappa shape index (κ2) is 9.05. The molecule has 31 heavy (non-hydrogen) atoms. The fourth-order valence-electron chi connectivity index (χ4n) is 5.74. The van der Waals surface area contributed by atoms with Crippen molar-refractivity contribution in [3.63, 3.8) is 0 Å². The standard InChI is InChI=1S/C26H35N3OS/c1-18-16-24(31-25(18)26(30)29-15-12-22(27)17-29)21-8-6-19(7-9-21)20-10-13-28(14-11-20)23-4-2-3-5-23/h6-9,16,20,22-23H,2-5,10-15,17,27H2,1H3/t22-/m0/s1. The number of hydrogen-bond donors (Lipinski definition) is 1. The van der Waals surface area contributed by atoms with Crippen LogP contribution < -0.4 is 5.73 Å². The van der Waals surface area contributed by atoms with Gasteiger partial charge < -0.3 is 15.5 Å². The van der Waals surface area contributed by atoms with E-state index < -0.39 is 0 Å². The molecule has 0 bridgehead atoms. The molecule has 5 heteroatoms. The Morgan fingerprint density at radius 3 is 2.35 bits per heavy atom. The average Bonchev–Trinajstić information content (AvgIpc) is 3.55. The van der Waals surface area contributed by atoms with Gasteiger partial charge in [-0.3, -0.25) is 4.79 Å². The lowest BCUT2D eigenvalue weighted by Gasteiger charge is -2.36. The lowest BCUT2D eigenvalue weighted by Crippen LogP contribution is -2.39. The van der Waals surface area contributed by atoms with Crippen molar-refractivity contribution in [2.75, 3.05) is 26.2 Å². The Morgan fingerprint density at radius 1 is 1.00 bits per heavy atom. The third-order valence-corrected chi connectivity index (χ3v) is 8.94. The van der Waals surface area contributed by atoms with E-state index in [0.717, 1.165) is 29.4 Å². The predicted octanol–water partition coefficient (Wildman–Crippen LogP) is 5.02. The van der Waals surface area contributed by atoms with Gasteiger partial charge in [-0.1, -0.05) is 37.1 Å². The highest BCUT2D eigenvalue weighted by molar-refractivity contribution is 7.17. The van der Waals surface area contributed by atoms with Gasteiger partial charge >= 0.3 is 0 Å². The molecule has 1 saturated carbocycles. The van der Waals surface area contributed by atoms with Crippen molar-refractivity contribution in [2.24, 2.45) is 5.73 Å². The van der Waals surface area contributed by atoms with Crippen LogP contribution in [-0.4, -0.2) is 54.0 Å². The highest BCUT2D eigenvalue weighted by Crippen LogP contribution is 2.36. The quantitative estimate of drug-likeness (QED) is 0.731. The Morgan fingerprint density at radius 2 is 1.71 bits per heavy atom. The van der Waals surface area contributed by atoms with Crippen LogP contribution in [0.15, 0.2) is 30.3 Å². The fourth-order valence-corrected chi connectivity index (χ4v) is 6.88. The summed E-state index contributed by atoms with van der Waals surface area (Å²) in [4.78, 5) is 19.6. The molecule has 3 heterocycles. The molecule has 2 aromatic rings. The van der Waals surface area contributed by atoms with E-state index in [2.05, 4.69) is 42.2 Å². The van der Waals surface area contributed by atoms with Gasteiger partial charge in [-0.2, -0.15) is 0 Å². The zero-order valence-electron chi connectivity index (χ0n) is 18.7. The van der Waals surface area contributed by atoms with Crippen molar-refractivity contribution in [2.45, 2.75) is 69.9 Å². The zero-order valence-corrected chi connectivity index (χ0v) is 19.5. The van der Waals surface area contributed by atoms with E-state index in [-0.39, 0.29) is 11.9 Å². The number of likely N-dealkylation sites (tertiary alicyclic amines) is 2. The molecule has 1 aliphatic carbocycles. The number of carbonyl (C=O) groups is 1. The molecule has 2 N–H and O–H groups in total. The molecular weight excluding hydrogens is 402 g/mol. The normalized spacial score (nSPS) is 23.7. The van der Waals surface area contributed by atoms with Crippen molar-refractivity contribution in [1.82, 2.24) is 9.80 Å². The van der Waals surface area contributed by atoms with Crippen molar-refractivity contribution in [3.8, 4) is 10.4 Å². The summed E-state index contributed by atoms with van der Waals surface area (Å²) >= 11 is 1.63. The van der Waals surface area contributed by atoms with Crippen molar-refractivity contribution >= 4 is 17.2 Å². The first-order chi connectivity index (χ1) is 15.1. The number of aryl methyl sites for hydroxylation is 1. The molecule has 0 unspecified atom stereocenters. The van der Waals surface area contributed by atoms with E-state index in [9.17, 15) is 4.79 Å². The number of thiophene rings is 1. The van der Waals surface area contributed by atoms with Crippen LogP contribution in [0.2, 0.25) is 0 Å². The summed E-state index contributed by atoms with van der Waals surface area (Å²) in [6.07, 6.45) is 9.14. The molecule has 2 saturated heterocycles. The molecule has 0 spiro atoms. The van der Waals surface area contributed by atoms with E-state index in [1.807, 2.05) is 4.90 Å². The first-order valence-corrected chi connectivity index (χ1v) is 12.9. The Balaban J connectivity index is 1.24. The summed E-state index contributed by atoms with van der Waals surface area (Å²) in [5, 5.41) is 0. The van der Waals surface area contributed by atoms with Gasteiger partial charge in [0.25, 0.3) is 5.91 Å². The Labute approximate surface area is 190 Å². The third kappa shape index (κ3) is 4.46. The molecule has 3 fully saturated rings. The lowest BCUT2D eigenvalue weighted by atomic mass is 9.88. The first kappa shape index (κ1) is 21.2. The molecular formula is C26H35N3OS. The molecule has 2 aliphatic heterocycles. The van der Waals surface area contributed by atoms with Gasteiger partial charge in [-0.15, -0.1) is 11.3 Å². The maximum atomic E-state index is 12.9. The number of piperidine rings is 1. The molecule has 1 atom stereocenters. The second-order valence-corrected chi connectivity index (χ2v) is 10.8. The molecule has 1 aromatic carbocycles. The van der Waals surface area contributed by atoms with Crippen LogP contribution in [0.25, 0.3) is 10.4 Å². The Hall–Kier alpha value is -1.69. The Kier molecular flexibility index (Phi) is 6.18. The number of amides is 1. The average molecular weight is 438 g/mol. The van der Waals surface area contributed by atoms with Crippen LogP contribution in [0.1, 0.15) is 71.7 Å². The van der Waals surface area contributed by atoms with E-state index >= 15 is 0 Å². The van der Waals surface area contributed by atoms with Crippen LogP contribution in [-0.2, 0) is 0 Å². The van der Waals surface area contributed by atoms with Crippen LogP contribution in [0, 0.1) is 6.92 Å². The summed E-state index contributed by atoms with van der Waals surface area (Å²) in [7, 11) is 0. The van der Waals surface area contributed by atoms with Crippen LogP contribution in [0.4, 0.5) is 0 Å². The zero-order chi connectivity index (χ0) is 21.4. The molecule has 3 aliphatic rings. The van der Waals surface area contributed by atoms with Gasteiger partial charge in [0, 0.05) is 30.1 Å².